The predicted octanol–water partition coefficient (Wildman–Crippen LogP) is 12.2. The molecule has 4 rings (SSSR count). The molecule has 0 heterocycles. The Bertz CT molecular complexity index is 1690. The molecular weight excluding hydrogens is 511 g/mol. The molecule has 2 aliphatic rings. The van der Waals surface area contributed by atoms with Crippen molar-refractivity contribution in [2.45, 2.75) is 117 Å². The molecule has 0 unspecified atom stereocenters. The summed E-state index contributed by atoms with van der Waals surface area (Å²) in [6, 6.07) is 0. The molecule has 0 aromatic heterocycles. The van der Waals surface area contributed by atoms with Crippen LogP contribution in [0.3, 0.4) is 0 Å². The number of allylic oxidation sites excluding steroid dienone is 11. The van der Waals surface area contributed by atoms with Crippen LogP contribution in [0.15, 0.2) is 56.7 Å². The third kappa shape index (κ3) is 4.64. The molecule has 0 bridgehead atoms. The van der Waals surface area contributed by atoms with E-state index in [0.717, 1.165) is 40.7 Å². The van der Waals surface area contributed by atoms with E-state index in [2.05, 4.69) is 90.0 Å². The van der Waals surface area contributed by atoms with E-state index in [-0.39, 0.29) is 5.82 Å². The van der Waals surface area contributed by atoms with Gasteiger partial charge in [0.1, 0.15) is 5.82 Å². The second-order valence-electron chi connectivity index (χ2n) is 13.1. The molecule has 0 atom stereocenters. The van der Waals surface area contributed by atoms with Gasteiger partial charge in [-0.05, 0) is 227 Å². The van der Waals surface area contributed by atoms with Crippen molar-refractivity contribution in [3.63, 3.8) is 0 Å². The van der Waals surface area contributed by atoms with Crippen LogP contribution < -0.4 is 0 Å². The first-order valence-corrected chi connectivity index (χ1v) is 15.6. The first-order valence-electron chi connectivity index (χ1n) is 15.6. The van der Waals surface area contributed by atoms with Gasteiger partial charge in [-0.3, -0.25) is 0 Å². The molecule has 0 aliphatic heterocycles. The molecule has 2 aromatic carbocycles. The van der Waals surface area contributed by atoms with Gasteiger partial charge in [0.05, 0.1) is 0 Å². The minimum atomic E-state index is -0.0796. The zero-order valence-corrected chi connectivity index (χ0v) is 29.0. The van der Waals surface area contributed by atoms with Crippen molar-refractivity contribution < 1.29 is 4.39 Å². The fraction of sp³-hybridized carbons (Fsp3) is 0.415. The molecule has 1 fully saturated rings. The Morgan fingerprint density at radius 2 is 1.17 bits per heavy atom. The lowest BCUT2D eigenvalue weighted by atomic mass is 9.81. The van der Waals surface area contributed by atoms with Gasteiger partial charge in [0.25, 0.3) is 0 Å². The zero-order valence-electron chi connectivity index (χ0n) is 29.0. The molecule has 222 valence electrons. The summed E-state index contributed by atoms with van der Waals surface area (Å²) >= 11 is 0. The van der Waals surface area contributed by atoms with Crippen LogP contribution >= 0.6 is 0 Å². The molecule has 2 aliphatic carbocycles. The van der Waals surface area contributed by atoms with Gasteiger partial charge in [-0.1, -0.05) is 19.1 Å². The Kier molecular flexibility index (Phi) is 8.42. The van der Waals surface area contributed by atoms with Gasteiger partial charge in [0, 0.05) is 0 Å². The highest BCUT2D eigenvalue weighted by Crippen LogP contribution is 2.60. The fourth-order valence-corrected chi connectivity index (χ4v) is 7.32. The fourth-order valence-electron chi connectivity index (χ4n) is 7.32. The largest absolute Gasteiger partial charge is 0.206 e. The lowest BCUT2D eigenvalue weighted by molar-refractivity contribution is 0.606. The average molecular weight is 563 g/mol. The third-order valence-corrected chi connectivity index (χ3v) is 11.3. The van der Waals surface area contributed by atoms with E-state index in [1.807, 2.05) is 13.8 Å². The summed E-state index contributed by atoms with van der Waals surface area (Å²) in [5, 5.41) is 0. The van der Waals surface area contributed by atoms with Crippen LogP contribution in [0, 0.1) is 68.1 Å². The Labute approximate surface area is 255 Å². The van der Waals surface area contributed by atoms with Crippen molar-refractivity contribution in [3.8, 4) is 0 Å². The average Bonchev–Trinajstić information content (AvgIpc) is 3.73. The van der Waals surface area contributed by atoms with Crippen molar-refractivity contribution >= 4 is 11.1 Å². The summed E-state index contributed by atoms with van der Waals surface area (Å²) in [5.41, 5.74) is 27.5. The van der Waals surface area contributed by atoms with Crippen LogP contribution in [0.2, 0.25) is 0 Å². The van der Waals surface area contributed by atoms with Gasteiger partial charge in [-0.2, -0.15) is 0 Å². The van der Waals surface area contributed by atoms with Gasteiger partial charge >= 0.3 is 0 Å². The molecule has 2 aromatic rings. The van der Waals surface area contributed by atoms with Gasteiger partial charge in [-0.25, -0.2) is 4.39 Å². The second-order valence-corrected chi connectivity index (χ2v) is 13.1. The van der Waals surface area contributed by atoms with Gasteiger partial charge in [0.15, 0.2) is 0 Å². The summed E-state index contributed by atoms with van der Waals surface area (Å²) in [7, 11) is 0. The smallest absolute Gasteiger partial charge is 0.129 e. The Morgan fingerprint density at radius 3 is 1.69 bits per heavy atom. The van der Waals surface area contributed by atoms with E-state index in [9.17, 15) is 0 Å². The quantitative estimate of drug-likeness (QED) is 0.348. The zero-order chi connectivity index (χ0) is 31.7. The minimum Gasteiger partial charge on any atom is -0.206 e. The van der Waals surface area contributed by atoms with Crippen LogP contribution in [-0.4, -0.2) is 0 Å². The Hall–Kier alpha value is -3.19. The van der Waals surface area contributed by atoms with Crippen molar-refractivity contribution in [3.05, 3.63) is 124 Å². The highest BCUT2D eigenvalue weighted by molar-refractivity contribution is 6.04. The molecule has 1 saturated carbocycles. The summed E-state index contributed by atoms with van der Waals surface area (Å²) in [6.45, 7) is 37.6. The van der Waals surface area contributed by atoms with E-state index in [1.54, 1.807) is 0 Å². The predicted molar refractivity (Wildman–Crippen MR) is 183 cm³/mol. The van der Waals surface area contributed by atoms with Crippen LogP contribution in [0.5, 0.6) is 0 Å². The minimum absolute atomic E-state index is 0.0796. The maximum absolute atomic E-state index is 15.5. The number of halogens is 1. The third-order valence-electron chi connectivity index (χ3n) is 11.3. The highest BCUT2D eigenvalue weighted by atomic mass is 19.1. The number of hydrogen-bond acceptors (Lipinski definition) is 0. The molecule has 0 radical (unpaired) electrons. The summed E-state index contributed by atoms with van der Waals surface area (Å²) < 4.78 is 15.5. The van der Waals surface area contributed by atoms with Gasteiger partial charge < -0.3 is 0 Å². The second kappa shape index (κ2) is 11.1. The van der Waals surface area contributed by atoms with E-state index in [1.165, 1.54) is 94.7 Å². The van der Waals surface area contributed by atoms with Crippen molar-refractivity contribution in [1.29, 1.82) is 0 Å². The maximum atomic E-state index is 15.5. The summed E-state index contributed by atoms with van der Waals surface area (Å²) in [4.78, 5) is 0. The molecule has 42 heavy (non-hydrogen) atoms. The summed E-state index contributed by atoms with van der Waals surface area (Å²) in [6.07, 6.45) is 1.89. The van der Waals surface area contributed by atoms with Crippen LogP contribution in [0.1, 0.15) is 116 Å². The van der Waals surface area contributed by atoms with Crippen molar-refractivity contribution in [1.82, 2.24) is 0 Å². The van der Waals surface area contributed by atoms with E-state index < -0.39 is 0 Å². The number of rotatable bonds is 4. The molecule has 1 heteroatoms. The molecule has 0 nitrogen and oxygen atoms in total. The monoisotopic (exact) mass is 562 g/mol. The van der Waals surface area contributed by atoms with E-state index in [0.29, 0.717) is 0 Å². The van der Waals surface area contributed by atoms with Crippen molar-refractivity contribution in [2.24, 2.45) is 0 Å². The highest BCUT2D eigenvalue weighted by Gasteiger charge is 2.42. The SMILES string of the molecule is C=C1C(C)=C2C(=C(c3c(C)c(C)c(C)c(C)c3C)C/C1=C(C)/C(C)=C(/C)CC)/C2=C(\C)c1c(C)c(C)c(C)c(F)c1C. The van der Waals surface area contributed by atoms with Gasteiger partial charge in [0.2, 0.25) is 0 Å². The van der Waals surface area contributed by atoms with E-state index in [4.69, 9.17) is 6.58 Å². The Balaban J connectivity index is 2.18. The van der Waals surface area contributed by atoms with Crippen LogP contribution in [0.25, 0.3) is 11.1 Å². The van der Waals surface area contributed by atoms with E-state index >= 15 is 4.39 Å². The molecule has 0 saturated heterocycles. The first-order chi connectivity index (χ1) is 19.5. The summed E-state index contributed by atoms with van der Waals surface area (Å²) in [5.74, 6) is -0.0796. The van der Waals surface area contributed by atoms with Crippen LogP contribution in [0.4, 0.5) is 4.39 Å². The van der Waals surface area contributed by atoms with Gasteiger partial charge in [-0.15, -0.1) is 0 Å². The lowest BCUT2D eigenvalue weighted by Gasteiger charge is -2.23. The molecule has 0 amide bonds. The number of benzene rings is 2. The molecule has 0 spiro atoms. The standard InChI is InChI=1S/C41H51F/c1-17-19(2)20(3)25(8)34-18-35(37-28(11)22(5)21(4)23(6)29(37)12)40-38(30(13)26(34)9)39(40)32(15)36-27(10)24(7)31(14)41(42)33(36)16/h9,17-18H2,1-8,10-16H3/b20-19-,34-25-,39-32+. The first kappa shape index (κ1) is 31.7. The topological polar surface area (TPSA) is 0 Å². The van der Waals surface area contributed by atoms with Crippen LogP contribution in [-0.2, 0) is 0 Å². The number of hydrogen-bond donors (Lipinski definition) is 0. The lowest BCUT2D eigenvalue weighted by Crippen LogP contribution is -2.05. The molecular formula is C41H51F. The molecule has 0 N–H and O–H groups in total. The Morgan fingerprint density at radius 1 is 0.667 bits per heavy atom. The number of fused-ring (bicyclic) bond motifs is 1. The normalized spacial score (nSPS) is 18.3. The van der Waals surface area contributed by atoms with Crippen molar-refractivity contribution in [2.75, 3.05) is 0 Å². The maximum Gasteiger partial charge on any atom is 0.129 e.